The van der Waals surface area contributed by atoms with E-state index in [0.717, 1.165) is 11.6 Å². The lowest BCUT2D eigenvalue weighted by atomic mass is 9.95. The normalized spacial score (nSPS) is 15.4. The van der Waals surface area contributed by atoms with E-state index in [2.05, 4.69) is 0 Å². The Morgan fingerprint density at radius 1 is 1.28 bits per heavy atom. The second-order valence-electron chi connectivity index (χ2n) is 6.78. The number of halogens is 3. The molecule has 0 aliphatic carbocycles. The summed E-state index contributed by atoms with van der Waals surface area (Å²) in [5.41, 5.74) is -0.813. The molecule has 2 rings (SSSR count). The van der Waals surface area contributed by atoms with E-state index in [4.69, 9.17) is 10.00 Å². The number of benzene rings is 1. The van der Waals surface area contributed by atoms with Gasteiger partial charge in [0.25, 0.3) is 0 Å². The van der Waals surface area contributed by atoms with E-state index in [1.165, 1.54) is 17.0 Å². The minimum atomic E-state index is -4.58. The molecule has 1 heterocycles. The summed E-state index contributed by atoms with van der Waals surface area (Å²) in [5, 5.41) is 8.85. The van der Waals surface area contributed by atoms with Crippen molar-refractivity contribution in [3.63, 3.8) is 0 Å². The summed E-state index contributed by atoms with van der Waals surface area (Å²) in [5.74, 6) is 0. The summed E-state index contributed by atoms with van der Waals surface area (Å²) in [6, 6.07) is 5.24. The van der Waals surface area contributed by atoms with Crippen LogP contribution in [0.5, 0.6) is 0 Å². The number of carbonyl (C=O) groups is 1. The third kappa shape index (κ3) is 4.75. The van der Waals surface area contributed by atoms with Gasteiger partial charge < -0.3 is 9.64 Å². The SMILES string of the molecule is CC(C)(C)OC(=O)N1CC=C(c2ccc(C#N)c(C(F)(F)F)c2)CC1. The van der Waals surface area contributed by atoms with Gasteiger partial charge in [0.2, 0.25) is 0 Å². The lowest BCUT2D eigenvalue weighted by Crippen LogP contribution is -2.39. The molecule has 0 saturated carbocycles. The molecule has 4 nitrogen and oxygen atoms in total. The van der Waals surface area contributed by atoms with Crippen LogP contribution in [0.3, 0.4) is 0 Å². The molecule has 25 heavy (non-hydrogen) atoms. The predicted octanol–water partition coefficient (Wildman–Crippen LogP) is 4.60. The summed E-state index contributed by atoms with van der Waals surface area (Å²) < 4.78 is 44.5. The van der Waals surface area contributed by atoms with E-state index in [0.29, 0.717) is 18.5 Å². The molecule has 1 aliphatic rings. The van der Waals surface area contributed by atoms with Gasteiger partial charge in [-0.25, -0.2) is 4.79 Å². The van der Waals surface area contributed by atoms with Crippen molar-refractivity contribution >= 4 is 11.7 Å². The molecule has 1 amide bonds. The van der Waals surface area contributed by atoms with E-state index in [1.54, 1.807) is 32.9 Å². The molecular weight excluding hydrogens is 333 g/mol. The maximum absolute atomic E-state index is 13.1. The summed E-state index contributed by atoms with van der Waals surface area (Å²) in [4.78, 5) is 13.5. The van der Waals surface area contributed by atoms with Crippen LogP contribution in [-0.4, -0.2) is 29.7 Å². The highest BCUT2D eigenvalue weighted by Gasteiger charge is 2.34. The molecule has 0 aromatic heterocycles. The van der Waals surface area contributed by atoms with Crippen LogP contribution in [0.1, 0.15) is 43.9 Å². The Labute approximate surface area is 144 Å². The molecule has 1 aromatic carbocycles. The quantitative estimate of drug-likeness (QED) is 0.742. The van der Waals surface area contributed by atoms with Crippen molar-refractivity contribution in [1.82, 2.24) is 4.90 Å². The van der Waals surface area contributed by atoms with Crippen molar-refractivity contribution in [3.8, 4) is 6.07 Å². The van der Waals surface area contributed by atoms with Gasteiger partial charge in [0.05, 0.1) is 17.2 Å². The lowest BCUT2D eigenvalue weighted by molar-refractivity contribution is -0.137. The maximum Gasteiger partial charge on any atom is 0.417 e. The predicted molar refractivity (Wildman–Crippen MR) is 86.6 cm³/mol. The average Bonchev–Trinajstić information content (AvgIpc) is 2.52. The first kappa shape index (κ1) is 18.8. The van der Waals surface area contributed by atoms with Crippen molar-refractivity contribution in [1.29, 1.82) is 5.26 Å². The highest BCUT2D eigenvalue weighted by molar-refractivity contribution is 5.73. The third-order valence-corrected chi connectivity index (χ3v) is 3.68. The second kappa shape index (κ2) is 6.79. The first-order valence-electron chi connectivity index (χ1n) is 7.80. The fourth-order valence-corrected chi connectivity index (χ4v) is 2.50. The highest BCUT2D eigenvalue weighted by Crippen LogP contribution is 2.34. The van der Waals surface area contributed by atoms with E-state index >= 15 is 0 Å². The molecule has 0 radical (unpaired) electrons. The molecule has 0 saturated heterocycles. The number of nitriles is 1. The van der Waals surface area contributed by atoms with Crippen molar-refractivity contribution in [2.75, 3.05) is 13.1 Å². The van der Waals surface area contributed by atoms with Gasteiger partial charge in [-0.1, -0.05) is 12.1 Å². The molecule has 0 unspecified atom stereocenters. The smallest absolute Gasteiger partial charge is 0.417 e. The number of alkyl halides is 3. The average molecular weight is 352 g/mol. The van der Waals surface area contributed by atoms with Crippen LogP contribution in [0.15, 0.2) is 24.3 Å². The summed E-state index contributed by atoms with van der Waals surface area (Å²) in [6.07, 6.45) is -2.89. The first-order chi connectivity index (χ1) is 11.5. The van der Waals surface area contributed by atoms with Crippen molar-refractivity contribution in [2.45, 2.75) is 39.0 Å². The van der Waals surface area contributed by atoms with Crippen LogP contribution >= 0.6 is 0 Å². The minimum Gasteiger partial charge on any atom is -0.444 e. The Morgan fingerprint density at radius 3 is 2.44 bits per heavy atom. The number of hydrogen-bond donors (Lipinski definition) is 0. The summed E-state index contributed by atoms with van der Waals surface area (Å²) in [6.45, 7) is 5.94. The second-order valence-corrected chi connectivity index (χ2v) is 6.78. The number of amides is 1. The van der Waals surface area contributed by atoms with Crippen LogP contribution in [0.4, 0.5) is 18.0 Å². The maximum atomic E-state index is 13.1. The molecule has 7 heteroatoms. The molecule has 0 bridgehead atoms. The first-order valence-corrected chi connectivity index (χ1v) is 7.80. The van der Waals surface area contributed by atoms with E-state index in [1.807, 2.05) is 0 Å². The standard InChI is InChI=1S/C18H19F3N2O2/c1-17(2,3)25-16(24)23-8-6-12(7-9-23)13-4-5-14(11-22)15(10-13)18(19,20)21/h4-6,10H,7-9H2,1-3H3. The van der Waals surface area contributed by atoms with E-state index in [9.17, 15) is 18.0 Å². The topological polar surface area (TPSA) is 53.3 Å². The van der Waals surface area contributed by atoms with Gasteiger partial charge in [0.1, 0.15) is 5.60 Å². The van der Waals surface area contributed by atoms with E-state index in [-0.39, 0.29) is 6.54 Å². The highest BCUT2D eigenvalue weighted by atomic mass is 19.4. The molecule has 0 atom stereocenters. The number of ether oxygens (including phenoxy) is 1. The molecule has 0 N–H and O–H groups in total. The van der Waals surface area contributed by atoms with Crippen molar-refractivity contribution < 1.29 is 22.7 Å². The van der Waals surface area contributed by atoms with Gasteiger partial charge in [0.15, 0.2) is 0 Å². The summed E-state index contributed by atoms with van der Waals surface area (Å²) in [7, 11) is 0. The number of hydrogen-bond acceptors (Lipinski definition) is 3. The van der Waals surface area contributed by atoms with Gasteiger partial charge >= 0.3 is 12.3 Å². The van der Waals surface area contributed by atoms with Gasteiger partial charge in [0, 0.05) is 13.1 Å². The molecule has 0 fully saturated rings. The zero-order chi connectivity index (χ0) is 18.8. The van der Waals surface area contributed by atoms with Crippen LogP contribution in [0.25, 0.3) is 5.57 Å². The van der Waals surface area contributed by atoms with Gasteiger partial charge in [-0.05, 0) is 50.5 Å². The summed E-state index contributed by atoms with van der Waals surface area (Å²) >= 11 is 0. The van der Waals surface area contributed by atoms with Crippen LogP contribution < -0.4 is 0 Å². The van der Waals surface area contributed by atoms with Gasteiger partial charge in [-0.15, -0.1) is 0 Å². The molecule has 1 aromatic rings. The zero-order valence-corrected chi connectivity index (χ0v) is 14.3. The number of nitrogens with zero attached hydrogens (tertiary/aromatic N) is 2. The van der Waals surface area contributed by atoms with Gasteiger partial charge in [-0.3, -0.25) is 0 Å². The Bertz CT molecular complexity index is 740. The Kier molecular flexibility index (Phi) is 5.12. The Balaban J connectivity index is 2.19. The van der Waals surface area contributed by atoms with E-state index < -0.39 is 29.0 Å². The fourth-order valence-electron chi connectivity index (χ4n) is 2.50. The largest absolute Gasteiger partial charge is 0.444 e. The monoisotopic (exact) mass is 352 g/mol. The minimum absolute atomic E-state index is 0.269. The number of rotatable bonds is 1. The molecule has 1 aliphatic heterocycles. The van der Waals surface area contributed by atoms with Crippen LogP contribution in [0.2, 0.25) is 0 Å². The van der Waals surface area contributed by atoms with Crippen molar-refractivity contribution in [3.05, 3.63) is 41.0 Å². The van der Waals surface area contributed by atoms with Crippen molar-refractivity contribution in [2.24, 2.45) is 0 Å². The van der Waals surface area contributed by atoms with Crippen LogP contribution in [-0.2, 0) is 10.9 Å². The third-order valence-electron chi connectivity index (χ3n) is 3.68. The zero-order valence-electron chi connectivity index (χ0n) is 14.3. The molecule has 134 valence electrons. The Hall–Kier alpha value is -2.49. The molecule has 0 spiro atoms. The Morgan fingerprint density at radius 2 is 1.96 bits per heavy atom. The van der Waals surface area contributed by atoms with Gasteiger partial charge in [-0.2, -0.15) is 18.4 Å². The lowest BCUT2D eigenvalue weighted by Gasteiger charge is -2.29. The van der Waals surface area contributed by atoms with Crippen LogP contribution in [0, 0.1) is 11.3 Å². The fraction of sp³-hybridized carbons (Fsp3) is 0.444. The number of carbonyl (C=O) groups excluding carboxylic acids is 1. The molecular formula is C18H19F3N2O2.